The first-order chi connectivity index (χ1) is 16.7. The first kappa shape index (κ1) is 25.3. The number of rotatable bonds is 8. The average Bonchev–Trinajstić information content (AvgIpc) is 3.25. The molecule has 1 saturated heterocycles. The Bertz CT molecular complexity index is 1350. The lowest BCUT2D eigenvalue weighted by Crippen LogP contribution is -2.56. The molecule has 1 amide bonds. The van der Waals surface area contributed by atoms with E-state index in [0.717, 1.165) is 20.5 Å². The fourth-order valence-electron chi connectivity index (χ4n) is 4.23. The molecular formula is C25H26IN5O3S. The molecule has 0 N–H and O–H groups in total. The van der Waals surface area contributed by atoms with Gasteiger partial charge in [-0.05, 0) is 64.9 Å². The maximum atomic E-state index is 13.1. The zero-order valence-electron chi connectivity index (χ0n) is 19.3. The summed E-state index contributed by atoms with van der Waals surface area (Å²) in [5.41, 5.74) is 3.42. The Morgan fingerprint density at radius 3 is 2.63 bits per heavy atom. The van der Waals surface area contributed by atoms with Gasteiger partial charge in [0.25, 0.3) is 0 Å². The first-order valence-corrected chi connectivity index (χ1v) is 14.3. The zero-order valence-corrected chi connectivity index (χ0v) is 22.3. The first-order valence-electron chi connectivity index (χ1n) is 11.2. The number of piperazine rings is 1. The Hall–Kier alpha value is -2.75. The summed E-state index contributed by atoms with van der Waals surface area (Å²) in [6.07, 6.45) is 5.22. The number of hydrogen-bond acceptors (Lipinski definition) is 6. The third-order valence-corrected chi connectivity index (χ3v) is 7.74. The van der Waals surface area contributed by atoms with Gasteiger partial charge in [-0.2, -0.15) is 5.26 Å². The van der Waals surface area contributed by atoms with E-state index in [0.29, 0.717) is 31.6 Å². The van der Waals surface area contributed by atoms with Gasteiger partial charge in [0.2, 0.25) is 5.91 Å². The molecule has 35 heavy (non-hydrogen) atoms. The van der Waals surface area contributed by atoms with E-state index in [-0.39, 0.29) is 24.2 Å². The zero-order chi connectivity index (χ0) is 25.0. The molecule has 0 saturated carbocycles. The summed E-state index contributed by atoms with van der Waals surface area (Å²) in [5.74, 6) is 0.0493. The summed E-state index contributed by atoms with van der Waals surface area (Å²) in [6, 6.07) is 17.2. The summed E-state index contributed by atoms with van der Waals surface area (Å²) in [6.45, 7) is 1.70. The summed E-state index contributed by atoms with van der Waals surface area (Å²) in [5, 5.41) is 9.02. The number of carbonyl (C=O) groups is 1. The maximum absolute atomic E-state index is 13.1. The van der Waals surface area contributed by atoms with Gasteiger partial charge in [-0.3, -0.25) is 9.69 Å². The highest BCUT2D eigenvalue weighted by Crippen LogP contribution is 2.25. The lowest BCUT2D eigenvalue weighted by Gasteiger charge is -2.41. The third-order valence-electron chi connectivity index (χ3n) is 6.09. The largest absolute Gasteiger partial charge is 0.329 e. The van der Waals surface area contributed by atoms with E-state index in [9.17, 15) is 13.2 Å². The van der Waals surface area contributed by atoms with E-state index in [2.05, 4.69) is 38.5 Å². The van der Waals surface area contributed by atoms with Gasteiger partial charge in [-0.15, -0.1) is 0 Å². The normalized spacial score (nSPS) is 16.9. The van der Waals surface area contributed by atoms with Crippen LogP contribution in [0.1, 0.15) is 23.2 Å². The number of amides is 1. The molecule has 182 valence electrons. The SMILES string of the molecule is CS(=O)(=O)CCC1CN(c2cccc(I)c2)C(=O)CN1Cc1cncn1Cc1ccc(C#N)cc1. The molecule has 1 unspecified atom stereocenters. The number of benzene rings is 2. The molecule has 1 atom stereocenters. The topological polar surface area (TPSA) is 99.3 Å². The van der Waals surface area contributed by atoms with Gasteiger partial charge in [0, 0.05) is 47.4 Å². The number of sulfone groups is 1. The quantitative estimate of drug-likeness (QED) is 0.367. The number of nitrogens with zero attached hydrogens (tertiary/aromatic N) is 5. The summed E-state index contributed by atoms with van der Waals surface area (Å²) in [4.78, 5) is 21.3. The maximum Gasteiger partial charge on any atom is 0.241 e. The molecule has 3 aromatic rings. The van der Waals surface area contributed by atoms with Gasteiger partial charge in [0.15, 0.2) is 0 Å². The van der Waals surface area contributed by atoms with E-state index in [1.165, 1.54) is 6.26 Å². The van der Waals surface area contributed by atoms with E-state index in [1.807, 2.05) is 41.0 Å². The second-order valence-electron chi connectivity index (χ2n) is 8.78. The highest BCUT2D eigenvalue weighted by atomic mass is 127. The van der Waals surface area contributed by atoms with Gasteiger partial charge in [-0.1, -0.05) is 18.2 Å². The number of nitriles is 1. The molecule has 8 nitrogen and oxygen atoms in total. The van der Waals surface area contributed by atoms with Crippen molar-refractivity contribution in [2.75, 3.05) is 30.0 Å². The van der Waals surface area contributed by atoms with E-state index in [1.54, 1.807) is 29.6 Å². The van der Waals surface area contributed by atoms with Crippen molar-refractivity contribution in [3.05, 3.63) is 81.4 Å². The lowest BCUT2D eigenvalue weighted by atomic mass is 10.1. The van der Waals surface area contributed by atoms with Crippen LogP contribution in [0.2, 0.25) is 0 Å². The summed E-state index contributed by atoms with van der Waals surface area (Å²) in [7, 11) is -3.14. The molecule has 1 fully saturated rings. The lowest BCUT2D eigenvalue weighted by molar-refractivity contribution is -0.122. The predicted molar refractivity (Wildman–Crippen MR) is 143 cm³/mol. The molecule has 1 aromatic heterocycles. The van der Waals surface area contributed by atoms with Crippen LogP contribution in [0, 0.1) is 14.9 Å². The van der Waals surface area contributed by atoms with Crippen LogP contribution >= 0.6 is 22.6 Å². The molecule has 10 heteroatoms. The van der Waals surface area contributed by atoms with Crippen LogP contribution in [0.5, 0.6) is 0 Å². The summed E-state index contributed by atoms with van der Waals surface area (Å²) < 4.78 is 26.9. The molecule has 0 bridgehead atoms. The second-order valence-corrected chi connectivity index (χ2v) is 12.3. The summed E-state index contributed by atoms with van der Waals surface area (Å²) >= 11 is 2.22. The van der Waals surface area contributed by atoms with Gasteiger partial charge in [0.05, 0.1) is 36.0 Å². The van der Waals surface area contributed by atoms with E-state index >= 15 is 0 Å². The minimum Gasteiger partial charge on any atom is -0.329 e. The van der Waals surface area contributed by atoms with Crippen molar-refractivity contribution in [2.24, 2.45) is 0 Å². The average molecular weight is 603 g/mol. The Morgan fingerprint density at radius 2 is 1.94 bits per heavy atom. The molecule has 1 aliphatic heterocycles. The van der Waals surface area contributed by atoms with Crippen LogP contribution in [0.4, 0.5) is 5.69 Å². The van der Waals surface area contributed by atoms with Gasteiger partial charge >= 0.3 is 0 Å². The fourth-order valence-corrected chi connectivity index (χ4v) is 5.46. The minimum atomic E-state index is -3.14. The molecule has 2 heterocycles. The van der Waals surface area contributed by atoms with Crippen molar-refractivity contribution in [3.63, 3.8) is 0 Å². The van der Waals surface area contributed by atoms with Crippen molar-refractivity contribution in [3.8, 4) is 6.07 Å². The smallest absolute Gasteiger partial charge is 0.241 e. The van der Waals surface area contributed by atoms with Crippen LogP contribution < -0.4 is 4.90 Å². The van der Waals surface area contributed by atoms with Gasteiger partial charge in [-0.25, -0.2) is 13.4 Å². The number of aromatic nitrogens is 2. The highest BCUT2D eigenvalue weighted by Gasteiger charge is 2.33. The minimum absolute atomic E-state index is 0.0132. The van der Waals surface area contributed by atoms with Crippen molar-refractivity contribution in [1.29, 1.82) is 5.26 Å². The van der Waals surface area contributed by atoms with Crippen LogP contribution in [-0.4, -0.2) is 59.9 Å². The van der Waals surface area contributed by atoms with Crippen LogP contribution in [-0.2, 0) is 27.7 Å². The third kappa shape index (κ3) is 6.68. The van der Waals surface area contributed by atoms with E-state index < -0.39 is 9.84 Å². The molecule has 1 aliphatic rings. The van der Waals surface area contributed by atoms with Crippen molar-refractivity contribution < 1.29 is 13.2 Å². The van der Waals surface area contributed by atoms with Crippen LogP contribution in [0.3, 0.4) is 0 Å². The van der Waals surface area contributed by atoms with Crippen molar-refractivity contribution in [2.45, 2.75) is 25.6 Å². The Morgan fingerprint density at radius 1 is 1.17 bits per heavy atom. The number of carbonyl (C=O) groups excluding carboxylic acids is 1. The van der Waals surface area contributed by atoms with Crippen LogP contribution in [0.15, 0.2) is 61.1 Å². The molecule has 0 spiro atoms. The van der Waals surface area contributed by atoms with Crippen molar-refractivity contribution >= 4 is 44.0 Å². The number of halogens is 1. The Labute approximate surface area is 219 Å². The Kier molecular flexibility index (Phi) is 7.88. The number of hydrogen-bond donors (Lipinski definition) is 0. The molecular weight excluding hydrogens is 577 g/mol. The van der Waals surface area contributed by atoms with Gasteiger partial charge < -0.3 is 9.47 Å². The number of anilines is 1. The standard InChI is InChI=1S/C25H26IN5O3S/c1-35(33,34)10-9-23-16-31(22-4-2-3-21(26)11-22)25(32)17-29(23)15-24-13-28-18-30(24)14-20-7-5-19(12-27)6-8-20/h2-8,11,13,18,23H,9-10,14-17H2,1H3. The monoisotopic (exact) mass is 603 g/mol. The van der Waals surface area contributed by atoms with Crippen LogP contribution in [0.25, 0.3) is 0 Å². The fraction of sp³-hybridized carbons (Fsp3) is 0.320. The number of imidazole rings is 1. The second kappa shape index (κ2) is 10.9. The molecule has 2 aromatic carbocycles. The predicted octanol–water partition coefficient (Wildman–Crippen LogP) is 3.06. The van der Waals surface area contributed by atoms with E-state index in [4.69, 9.17) is 5.26 Å². The molecule has 4 rings (SSSR count). The Balaban J connectivity index is 1.54. The molecule has 0 aliphatic carbocycles. The highest BCUT2D eigenvalue weighted by molar-refractivity contribution is 14.1. The van der Waals surface area contributed by atoms with Gasteiger partial charge in [0.1, 0.15) is 9.84 Å². The molecule has 0 radical (unpaired) electrons. The van der Waals surface area contributed by atoms with Crippen molar-refractivity contribution in [1.82, 2.24) is 14.5 Å².